The van der Waals surface area contributed by atoms with E-state index >= 15 is 0 Å². The molecule has 4 nitrogen and oxygen atoms in total. The van der Waals surface area contributed by atoms with E-state index in [4.69, 9.17) is 4.74 Å². The molecule has 0 radical (unpaired) electrons. The first-order valence-corrected chi connectivity index (χ1v) is 9.17. The Morgan fingerprint density at radius 1 is 1.32 bits per heavy atom. The number of rotatable bonds is 2. The fourth-order valence-corrected chi connectivity index (χ4v) is 4.05. The van der Waals surface area contributed by atoms with Gasteiger partial charge in [-0.05, 0) is 47.8 Å². The summed E-state index contributed by atoms with van der Waals surface area (Å²) < 4.78 is 5.91. The van der Waals surface area contributed by atoms with Gasteiger partial charge in [-0.2, -0.15) is 5.26 Å². The lowest BCUT2D eigenvalue weighted by atomic mass is 9.75. The van der Waals surface area contributed by atoms with Crippen LogP contribution in [0.15, 0.2) is 30.5 Å². The Morgan fingerprint density at radius 2 is 2.08 bits per heavy atom. The maximum Gasteiger partial charge on any atom is 0.415 e. The standard InChI is InChI=1S/C21H26N2O2/c1-14(2)17-9-8-15(3)12-20(17)25-21(24)23-11-10-16-6-4-5-7-18(16)19(23)13-22/h4-7,10-11,14-15,17,19-20H,8-9,12H2,1-3H3/t15-,17+,19?,20-/m1/s1. The van der Waals surface area contributed by atoms with Gasteiger partial charge < -0.3 is 4.74 Å². The molecule has 2 aliphatic rings. The summed E-state index contributed by atoms with van der Waals surface area (Å²) in [5.74, 6) is 1.44. The zero-order valence-electron chi connectivity index (χ0n) is 15.2. The third kappa shape index (κ3) is 3.56. The summed E-state index contributed by atoms with van der Waals surface area (Å²) in [6.45, 7) is 6.60. The number of hydrogen-bond acceptors (Lipinski definition) is 3. The molecule has 0 spiro atoms. The number of ether oxygens (including phenoxy) is 1. The van der Waals surface area contributed by atoms with Crippen LogP contribution < -0.4 is 0 Å². The molecule has 1 amide bonds. The molecule has 0 saturated heterocycles. The summed E-state index contributed by atoms with van der Waals surface area (Å²) in [5.41, 5.74) is 1.83. The van der Waals surface area contributed by atoms with Crippen molar-refractivity contribution < 1.29 is 9.53 Å². The summed E-state index contributed by atoms with van der Waals surface area (Å²) in [6.07, 6.45) is 6.25. The van der Waals surface area contributed by atoms with E-state index in [1.165, 1.54) is 11.3 Å². The normalized spacial score (nSPS) is 28.4. The van der Waals surface area contributed by atoms with Gasteiger partial charge in [-0.15, -0.1) is 0 Å². The van der Waals surface area contributed by atoms with Gasteiger partial charge in [-0.1, -0.05) is 51.5 Å². The van der Waals surface area contributed by atoms with Crippen molar-refractivity contribution >= 4 is 12.2 Å². The van der Waals surface area contributed by atoms with Crippen LogP contribution in [0.1, 0.15) is 57.2 Å². The summed E-state index contributed by atoms with van der Waals surface area (Å²) in [7, 11) is 0. The Hall–Kier alpha value is -2.28. The molecule has 3 rings (SSSR count). The molecule has 0 bridgehead atoms. The number of benzene rings is 1. The van der Waals surface area contributed by atoms with Gasteiger partial charge in [-0.25, -0.2) is 4.79 Å². The van der Waals surface area contributed by atoms with Crippen LogP contribution >= 0.6 is 0 Å². The van der Waals surface area contributed by atoms with Crippen molar-refractivity contribution in [2.24, 2.45) is 17.8 Å². The SMILES string of the molecule is CC(C)[C@@H]1CC[C@@H](C)C[C@H]1OC(=O)N1C=Cc2ccccc2C1C#N. The number of hydrogen-bond donors (Lipinski definition) is 0. The van der Waals surface area contributed by atoms with E-state index in [0.29, 0.717) is 17.8 Å². The van der Waals surface area contributed by atoms with Crippen LogP contribution in [-0.4, -0.2) is 17.1 Å². The number of amides is 1. The summed E-state index contributed by atoms with van der Waals surface area (Å²) in [4.78, 5) is 14.3. The van der Waals surface area contributed by atoms with Crippen LogP contribution in [-0.2, 0) is 4.74 Å². The van der Waals surface area contributed by atoms with Crippen LogP contribution in [0, 0.1) is 29.1 Å². The topological polar surface area (TPSA) is 53.3 Å². The van der Waals surface area contributed by atoms with Crippen molar-refractivity contribution in [1.29, 1.82) is 5.26 Å². The molecular weight excluding hydrogens is 312 g/mol. The molecule has 4 atom stereocenters. The second-order valence-corrected chi connectivity index (χ2v) is 7.63. The molecule has 25 heavy (non-hydrogen) atoms. The third-order valence-corrected chi connectivity index (χ3v) is 5.53. The number of nitrogens with zero attached hydrogens (tertiary/aromatic N) is 2. The van der Waals surface area contributed by atoms with Crippen LogP contribution in [0.4, 0.5) is 4.79 Å². The van der Waals surface area contributed by atoms with Crippen LogP contribution in [0.2, 0.25) is 0 Å². The molecule has 1 fully saturated rings. The van der Waals surface area contributed by atoms with Crippen molar-refractivity contribution in [1.82, 2.24) is 4.90 Å². The Kier molecular flexibility index (Phi) is 5.13. The van der Waals surface area contributed by atoms with Gasteiger partial charge in [0.05, 0.1) is 6.07 Å². The lowest BCUT2D eigenvalue weighted by Gasteiger charge is -2.38. The van der Waals surface area contributed by atoms with Crippen molar-refractivity contribution in [3.05, 3.63) is 41.6 Å². The quantitative estimate of drug-likeness (QED) is 0.750. The van der Waals surface area contributed by atoms with Crippen LogP contribution in [0.5, 0.6) is 0 Å². The largest absolute Gasteiger partial charge is 0.446 e. The number of carbonyl (C=O) groups excluding carboxylic acids is 1. The molecule has 4 heteroatoms. The predicted octanol–water partition coefficient (Wildman–Crippen LogP) is 5.13. The fourth-order valence-electron chi connectivity index (χ4n) is 4.05. The van der Waals surface area contributed by atoms with E-state index in [1.54, 1.807) is 6.20 Å². The molecule has 1 aromatic rings. The van der Waals surface area contributed by atoms with E-state index in [9.17, 15) is 10.1 Å². The Bertz CT molecular complexity index is 704. The molecular formula is C21H26N2O2. The lowest BCUT2D eigenvalue weighted by molar-refractivity contribution is -0.00735. The monoisotopic (exact) mass is 338 g/mol. The first-order chi connectivity index (χ1) is 12.0. The van der Waals surface area contributed by atoms with E-state index in [1.807, 2.05) is 30.3 Å². The highest BCUT2D eigenvalue weighted by Crippen LogP contribution is 2.37. The number of nitriles is 1. The van der Waals surface area contributed by atoms with Crippen molar-refractivity contribution in [3.8, 4) is 6.07 Å². The summed E-state index contributed by atoms with van der Waals surface area (Å²) in [6, 6.07) is 9.29. The second kappa shape index (κ2) is 7.31. The first kappa shape index (κ1) is 17.5. The molecule has 1 unspecified atom stereocenters. The van der Waals surface area contributed by atoms with E-state index in [2.05, 4.69) is 26.8 Å². The molecule has 132 valence electrons. The second-order valence-electron chi connectivity index (χ2n) is 7.63. The molecule has 1 aliphatic carbocycles. The number of fused-ring (bicyclic) bond motifs is 1. The molecule has 0 N–H and O–H groups in total. The van der Waals surface area contributed by atoms with Gasteiger partial charge in [0.25, 0.3) is 0 Å². The molecule has 0 aromatic heterocycles. The zero-order valence-corrected chi connectivity index (χ0v) is 15.2. The maximum absolute atomic E-state index is 12.8. The van der Waals surface area contributed by atoms with Crippen LogP contribution in [0.3, 0.4) is 0 Å². The predicted molar refractivity (Wildman–Crippen MR) is 97.3 cm³/mol. The highest BCUT2D eigenvalue weighted by atomic mass is 16.6. The van der Waals surface area contributed by atoms with Crippen molar-refractivity contribution in [2.45, 2.75) is 52.2 Å². The first-order valence-electron chi connectivity index (χ1n) is 9.17. The minimum atomic E-state index is -0.632. The van der Waals surface area contributed by atoms with Gasteiger partial charge in [0.1, 0.15) is 6.10 Å². The Balaban J connectivity index is 1.78. The zero-order chi connectivity index (χ0) is 18.0. The highest BCUT2D eigenvalue weighted by molar-refractivity contribution is 5.74. The average molecular weight is 338 g/mol. The van der Waals surface area contributed by atoms with Crippen molar-refractivity contribution in [3.63, 3.8) is 0 Å². The van der Waals surface area contributed by atoms with Gasteiger partial charge in [0.15, 0.2) is 6.04 Å². The van der Waals surface area contributed by atoms with Crippen LogP contribution in [0.25, 0.3) is 6.08 Å². The summed E-state index contributed by atoms with van der Waals surface area (Å²) >= 11 is 0. The summed E-state index contributed by atoms with van der Waals surface area (Å²) in [5, 5.41) is 9.61. The van der Waals surface area contributed by atoms with Gasteiger partial charge in [0, 0.05) is 6.20 Å². The smallest absolute Gasteiger partial charge is 0.415 e. The van der Waals surface area contributed by atoms with Crippen molar-refractivity contribution in [2.75, 3.05) is 0 Å². The van der Waals surface area contributed by atoms with E-state index in [-0.39, 0.29) is 6.10 Å². The minimum Gasteiger partial charge on any atom is -0.446 e. The molecule has 1 aliphatic heterocycles. The van der Waals surface area contributed by atoms with E-state index in [0.717, 1.165) is 24.0 Å². The molecule has 1 aromatic carbocycles. The highest BCUT2D eigenvalue weighted by Gasteiger charge is 2.36. The minimum absolute atomic E-state index is 0.0684. The van der Waals surface area contributed by atoms with Gasteiger partial charge in [0.2, 0.25) is 0 Å². The number of carbonyl (C=O) groups is 1. The van der Waals surface area contributed by atoms with Gasteiger partial charge in [-0.3, -0.25) is 4.90 Å². The Labute approximate surface area is 150 Å². The molecule has 1 saturated carbocycles. The third-order valence-electron chi connectivity index (χ3n) is 5.53. The van der Waals surface area contributed by atoms with E-state index < -0.39 is 12.1 Å². The lowest BCUT2D eigenvalue weighted by Crippen LogP contribution is -2.40. The van der Waals surface area contributed by atoms with Gasteiger partial charge >= 0.3 is 6.09 Å². The average Bonchev–Trinajstić information content (AvgIpc) is 2.60. The fraction of sp³-hybridized carbons (Fsp3) is 0.524. The molecule has 1 heterocycles. The Morgan fingerprint density at radius 3 is 2.80 bits per heavy atom. The maximum atomic E-state index is 12.8.